The summed E-state index contributed by atoms with van der Waals surface area (Å²) in [6.45, 7) is 6.79. The van der Waals surface area contributed by atoms with Crippen LogP contribution < -0.4 is 0 Å². The van der Waals surface area contributed by atoms with Crippen molar-refractivity contribution < 1.29 is 4.79 Å². The van der Waals surface area contributed by atoms with Gasteiger partial charge in [0.2, 0.25) is 5.91 Å². The second kappa shape index (κ2) is 4.02. The fourth-order valence-corrected chi connectivity index (χ4v) is 3.79. The molecule has 1 amide bonds. The lowest BCUT2D eigenvalue weighted by Gasteiger charge is -2.44. The third-order valence-electron chi connectivity index (χ3n) is 4.56. The molecule has 2 rings (SSSR count). The van der Waals surface area contributed by atoms with E-state index in [1.807, 2.05) is 11.9 Å². The van der Waals surface area contributed by atoms with Crippen molar-refractivity contribution in [1.29, 1.82) is 0 Å². The molecule has 3 nitrogen and oxygen atoms in total. The van der Waals surface area contributed by atoms with E-state index in [1.54, 1.807) is 0 Å². The minimum Gasteiger partial charge on any atom is -0.342 e. The van der Waals surface area contributed by atoms with Crippen LogP contribution in [0, 0.1) is 11.3 Å². The minimum absolute atomic E-state index is 0.270. The van der Waals surface area contributed by atoms with Gasteiger partial charge in [-0.1, -0.05) is 13.8 Å². The normalized spacial score (nSPS) is 30.7. The van der Waals surface area contributed by atoms with Crippen LogP contribution in [0.3, 0.4) is 0 Å². The standard InChI is InChI=1S/C13H24N2O/c1-10(2)12-13(9-11(16)15(12)4)5-7-14(3)8-6-13/h10,12H,5-9H2,1-4H3. The number of nitrogens with zero attached hydrogens (tertiary/aromatic N) is 2. The van der Waals surface area contributed by atoms with E-state index >= 15 is 0 Å². The molecule has 3 heteroatoms. The first kappa shape index (κ1) is 11.9. The van der Waals surface area contributed by atoms with Crippen LogP contribution in [0.25, 0.3) is 0 Å². The quantitative estimate of drug-likeness (QED) is 0.675. The zero-order valence-electron chi connectivity index (χ0n) is 11.0. The molecule has 2 heterocycles. The largest absolute Gasteiger partial charge is 0.342 e. The van der Waals surface area contributed by atoms with Crippen LogP contribution in [-0.4, -0.2) is 48.9 Å². The molecule has 0 saturated carbocycles. The number of hydrogen-bond acceptors (Lipinski definition) is 2. The Morgan fingerprint density at radius 3 is 2.31 bits per heavy atom. The van der Waals surface area contributed by atoms with Gasteiger partial charge in [0.05, 0.1) is 0 Å². The Kier molecular flexibility index (Phi) is 2.99. The second-order valence-corrected chi connectivity index (χ2v) is 6.04. The number of hydrogen-bond donors (Lipinski definition) is 0. The lowest BCUT2D eigenvalue weighted by Crippen LogP contribution is -2.48. The lowest BCUT2D eigenvalue weighted by atomic mass is 9.69. The van der Waals surface area contributed by atoms with Gasteiger partial charge >= 0.3 is 0 Å². The summed E-state index contributed by atoms with van der Waals surface area (Å²) >= 11 is 0. The highest BCUT2D eigenvalue weighted by Gasteiger charge is 2.51. The lowest BCUT2D eigenvalue weighted by molar-refractivity contribution is -0.128. The summed E-state index contributed by atoms with van der Waals surface area (Å²) in [5.41, 5.74) is 0.270. The molecule has 2 aliphatic rings. The van der Waals surface area contributed by atoms with Crippen molar-refractivity contribution in [1.82, 2.24) is 9.80 Å². The first-order chi connectivity index (χ1) is 7.46. The summed E-state index contributed by atoms with van der Waals surface area (Å²) < 4.78 is 0. The number of piperidine rings is 1. The van der Waals surface area contributed by atoms with Gasteiger partial charge in [-0.25, -0.2) is 0 Å². The third-order valence-corrected chi connectivity index (χ3v) is 4.56. The van der Waals surface area contributed by atoms with Crippen LogP contribution >= 0.6 is 0 Å². The highest BCUT2D eigenvalue weighted by molar-refractivity contribution is 5.80. The first-order valence-corrected chi connectivity index (χ1v) is 6.40. The zero-order chi connectivity index (χ0) is 11.9. The molecule has 1 atom stereocenters. The molecule has 0 aliphatic carbocycles. The molecule has 0 N–H and O–H groups in total. The van der Waals surface area contributed by atoms with Crippen molar-refractivity contribution in [3.05, 3.63) is 0 Å². The molecule has 92 valence electrons. The molecule has 1 spiro atoms. The van der Waals surface area contributed by atoms with Gasteiger partial charge < -0.3 is 9.80 Å². The molecule has 0 radical (unpaired) electrons. The highest BCUT2D eigenvalue weighted by Crippen LogP contribution is 2.47. The monoisotopic (exact) mass is 224 g/mol. The molecule has 1 unspecified atom stereocenters. The number of carbonyl (C=O) groups is 1. The van der Waals surface area contributed by atoms with E-state index in [4.69, 9.17) is 0 Å². The maximum Gasteiger partial charge on any atom is 0.223 e. The number of rotatable bonds is 1. The molecule has 0 aromatic carbocycles. The van der Waals surface area contributed by atoms with Gasteiger partial charge in [-0.05, 0) is 38.9 Å². The van der Waals surface area contributed by atoms with Gasteiger partial charge in [0.15, 0.2) is 0 Å². The van der Waals surface area contributed by atoms with Crippen molar-refractivity contribution in [2.24, 2.45) is 11.3 Å². The van der Waals surface area contributed by atoms with Crippen LogP contribution in [0.1, 0.15) is 33.1 Å². The average Bonchev–Trinajstić information content (AvgIpc) is 2.45. The summed E-state index contributed by atoms with van der Waals surface area (Å²) in [4.78, 5) is 16.3. The van der Waals surface area contributed by atoms with E-state index in [0.29, 0.717) is 17.9 Å². The number of likely N-dealkylation sites (tertiary alicyclic amines) is 2. The van der Waals surface area contributed by atoms with E-state index < -0.39 is 0 Å². The summed E-state index contributed by atoms with van der Waals surface area (Å²) in [5.74, 6) is 0.920. The Morgan fingerprint density at radius 1 is 1.25 bits per heavy atom. The Labute approximate surface area is 98.8 Å². The Balaban J connectivity index is 2.22. The van der Waals surface area contributed by atoms with Crippen molar-refractivity contribution in [2.75, 3.05) is 27.2 Å². The van der Waals surface area contributed by atoms with Gasteiger partial charge in [0.25, 0.3) is 0 Å². The molecular weight excluding hydrogens is 200 g/mol. The van der Waals surface area contributed by atoms with E-state index in [0.717, 1.165) is 19.5 Å². The van der Waals surface area contributed by atoms with Crippen LogP contribution in [0.15, 0.2) is 0 Å². The second-order valence-electron chi connectivity index (χ2n) is 6.04. The third kappa shape index (κ3) is 1.75. The van der Waals surface area contributed by atoms with Crippen LogP contribution in [0.2, 0.25) is 0 Å². The summed E-state index contributed by atoms with van der Waals surface area (Å²) in [6, 6.07) is 0.452. The van der Waals surface area contributed by atoms with Crippen LogP contribution in [-0.2, 0) is 4.79 Å². The Hall–Kier alpha value is -0.570. The smallest absolute Gasteiger partial charge is 0.223 e. The molecule has 2 aliphatic heterocycles. The maximum atomic E-state index is 12.0. The number of amides is 1. The summed E-state index contributed by atoms with van der Waals surface area (Å²) in [7, 11) is 4.16. The predicted molar refractivity (Wildman–Crippen MR) is 65.2 cm³/mol. The topological polar surface area (TPSA) is 23.6 Å². The Morgan fingerprint density at radius 2 is 1.81 bits per heavy atom. The van der Waals surface area contributed by atoms with E-state index in [-0.39, 0.29) is 5.41 Å². The van der Waals surface area contributed by atoms with E-state index in [2.05, 4.69) is 25.8 Å². The van der Waals surface area contributed by atoms with Gasteiger partial charge in [0.1, 0.15) is 0 Å². The van der Waals surface area contributed by atoms with Crippen LogP contribution in [0.5, 0.6) is 0 Å². The summed E-state index contributed by atoms with van der Waals surface area (Å²) in [6.07, 6.45) is 3.14. The molecule has 0 aromatic heterocycles. The van der Waals surface area contributed by atoms with E-state index in [1.165, 1.54) is 12.8 Å². The molecule has 0 bridgehead atoms. The maximum absolute atomic E-state index is 12.0. The SMILES string of the molecule is CC(C)C1N(C)C(=O)CC12CCN(C)CC2. The zero-order valence-corrected chi connectivity index (χ0v) is 11.0. The molecule has 2 saturated heterocycles. The fourth-order valence-electron chi connectivity index (χ4n) is 3.79. The van der Waals surface area contributed by atoms with E-state index in [9.17, 15) is 4.79 Å². The fraction of sp³-hybridized carbons (Fsp3) is 0.923. The molecule has 16 heavy (non-hydrogen) atoms. The molecule has 0 aromatic rings. The summed E-state index contributed by atoms with van der Waals surface area (Å²) in [5, 5.41) is 0. The van der Waals surface area contributed by atoms with Crippen molar-refractivity contribution in [2.45, 2.75) is 39.2 Å². The van der Waals surface area contributed by atoms with Gasteiger partial charge in [-0.15, -0.1) is 0 Å². The van der Waals surface area contributed by atoms with Crippen molar-refractivity contribution in [3.63, 3.8) is 0 Å². The van der Waals surface area contributed by atoms with Crippen molar-refractivity contribution >= 4 is 5.91 Å². The van der Waals surface area contributed by atoms with Gasteiger partial charge in [-0.2, -0.15) is 0 Å². The van der Waals surface area contributed by atoms with Crippen molar-refractivity contribution in [3.8, 4) is 0 Å². The predicted octanol–water partition coefficient (Wildman–Crippen LogP) is 1.59. The number of carbonyl (C=O) groups excluding carboxylic acids is 1. The molecular formula is C13H24N2O. The average molecular weight is 224 g/mol. The van der Waals surface area contributed by atoms with Gasteiger partial charge in [0, 0.05) is 24.9 Å². The minimum atomic E-state index is 0.270. The molecule has 2 fully saturated rings. The van der Waals surface area contributed by atoms with Crippen LogP contribution in [0.4, 0.5) is 0 Å². The highest BCUT2D eigenvalue weighted by atomic mass is 16.2. The van der Waals surface area contributed by atoms with Gasteiger partial charge in [-0.3, -0.25) is 4.79 Å². The Bertz CT molecular complexity index is 280. The first-order valence-electron chi connectivity index (χ1n) is 6.40.